The lowest BCUT2D eigenvalue weighted by Crippen LogP contribution is -2.30. The van der Waals surface area contributed by atoms with E-state index in [4.69, 9.17) is 14.2 Å². The van der Waals surface area contributed by atoms with Crippen LogP contribution in [0.2, 0.25) is 0 Å². The lowest BCUT2D eigenvalue weighted by Gasteiger charge is -2.09. The van der Waals surface area contributed by atoms with Crippen molar-refractivity contribution in [2.75, 3.05) is 26.9 Å². The quantitative estimate of drug-likeness (QED) is 0.650. The van der Waals surface area contributed by atoms with E-state index in [1.807, 2.05) is 31.2 Å². The summed E-state index contributed by atoms with van der Waals surface area (Å²) in [4.78, 5) is 23.8. The number of benzene rings is 2. The number of esters is 1. The lowest BCUT2D eigenvalue weighted by atomic mass is 10.1. The molecule has 0 radical (unpaired) electrons. The fourth-order valence-corrected chi connectivity index (χ4v) is 2.42. The first-order valence-corrected chi connectivity index (χ1v) is 8.92. The van der Waals surface area contributed by atoms with Crippen LogP contribution in [-0.2, 0) is 16.0 Å². The Morgan fingerprint density at radius 1 is 1.04 bits per heavy atom. The first-order valence-electron chi connectivity index (χ1n) is 8.92. The summed E-state index contributed by atoms with van der Waals surface area (Å²) in [6.07, 6.45) is 1.54. The van der Waals surface area contributed by atoms with Crippen molar-refractivity contribution in [1.82, 2.24) is 5.32 Å². The molecule has 0 bridgehead atoms. The molecular weight excluding hydrogens is 346 g/mol. The van der Waals surface area contributed by atoms with Crippen molar-refractivity contribution >= 4 is 11.9 Å². The third-order valence-corrected chi connectivity index (χ3v) is 3.81. The molecule has 2 aromatic carbocycles. The van der Waals surface area contributed by atoms with Crippen LogP contribution < -0.4 is 14.8 Å². The molecule has 0 fully saturated rings. The van der Waals surface area contributed by atoms with Gasteiger partial charge in [-0.1, -0.05) is 25.1 Å². The van der Waals surface area contributed by atoms with Crippen LogP contribution in [0.25, 0.3) is 0 Å². The average Bonchev–Trinajstić information content (AvgIpc) is 2.71. The van der Waals surface area contributed by atoms with Crippen molar-refractivity contribution < 1.29 is 23.8 Å². The number of para-hydroxylation sites is 1. The summed E-state index contributed by atoms with van der Waals surface area (Å²) in [7, 11) is 1.61. The highest BCUT2D eigenvalue weighted by atomic mass is 16.5. The predicted molar refractivity (Wildman–Crippen MR) is 102 cm³/mol. The molecule has 0 atom stereocenters. The zero-order chi connectivity index (χ0) is 19.5. The molecule has 6 heteroatoms. The molecule has 6 nitrogen and oxygen atoms in total. The van der Waals surface area contributed by atoms with Gasteiger partial charge >= 0.3 is 5.97 Å². The highest BCUT2D eigenvalue weighted by Gasteiger charge is 2.10. The van der Waals surface area contributed by atoms with Crippen molar-refractivity contribution in [2.24, 2.45) is 0 Å². The molecule has 1 amide bonds. The van der Waals surface area contributed by atoms with E-state index in [9.17, 15) is 9.59 Å². The predicted octanol–water partition coefficient (Wildman–Crippen LogP) is 3.00. The molecule has 0 aliphatic carbocycles. The topological polar surface area (TPSA) is 73.9 Å². The monoisotopic (exact) mass is 371 g/mol. The maximum atomic E-state index is 12.0. The Hall–Kier alpha value is -3.02. The van der Waals surface area contributed by atoms with E-state index in [1.165, 1.54) is 0 Å². The molecule has 0 aliphatic rings. The maximum absolute atomic E-state index is 12.0. The van der Waals surface area contributed by atoms with Gasteiger partial charge in [0.15, 0.2) is 6.61 Å². The molecule has 0 aromatic heterocycles. The number of amides is 1. The number of carbonyl (C=O) groups is 2. The Kier molecular flexibility index (Phi) is 8.16. The second-order valence-corrected chi connectivity index (χ2v) is 5.86. The Balaban J connectivity index is 1.72. The zero-order valence-electron chi connectivity index (χ0n) is 15.7. The molecule has 0 aliphatic heterocycles. The average molecular weight is 371 g/mol. The van der Waals surface area contributed by atoms with Crippen LogP contribution in [0.4, 0.5) is 0 Å². The van der Waals surface area contributed by atoms with Gasteiger partial charge in [0, 0.05) is 6.54 Å². The number of rotatable bonds is 10. The van der Waals surface area contributed by atoms with Crippen molar-refractivity contribution in [3.05, 3.63) is 59.7 Å². The third kappa shape index (κ3) is 6.66. The van der Waals surface area contributed by atoms with Gasteiger partial charge in [0.2, 0.25) is 0 Å². The van der Waals surface area contributed by atoms with Crippen LogP contribution in [0.15, 0.2) is 48.5 Å². The van der Waals surface area contributed by atoms with E-state index in [-0.39, 0.29) is 12.5 Å². The number of hydrogen-bond acceptors (Lipinski definition) is 5. The van der Waals surface area contributed by atoms with Crippen molar-refractivity contribution in [2.45, 2.75) is 19.8 Å². The van der Waals surface area contributed by atoms with E-state index < -0.39 is 5.97 Å². The Morgan fingerprint density at radius 2 is 1.78 bits per heavy atom. The normalized spacial score (nSPS) is 10.1. The van der Waals surface area contributed by atoms with Gasteiger partial charge in [-0.3, -0.25) is 4.79 Å². The second-order valence-electron chi connectivity index (χ2n) is 5.86. The highest BCUT2D eigenvalue weighted by Crippen LogP contribution is 2.17. The molecule has 0 unspecified atom stereocenters. The molecular formula is C21H25NO5. The summed E-state index contributed by atoms with van der Waals surface area (Å²) >= 11 is 0. The summed E-state index contributed by atoms with van der Waals surface area (Å²) in [5.74, 6) is 0.588. The van der Waals surface area contributed by atoms with Gasteiger partial charge < -0.3 is 19.5 Å². The van der Waals surface area contributed by atoms with E-state index in [2.05, 4.69) is 5.32 Å². The SMILES string of the molecule is CCCOc1ccc(C(=O)OCC(=O)NCCc2ccccc2OC)cc1. The van der Waals surface area contributed by atoms with Gasteiger partial charge in [-0.05, 0) is 48.7 Å². The standard InChI is InChI=1S/C21H25NO5/c1-3-14-26-18-10-8-17(9-11-18)21(24)27-15-20(23)22-13-12-16-6-4-5-7-19(16)25-2/h4-11H,3,12-15H2,1-2H3,(H,22,23). The summed E-state index contributed by atoms with van der Waals surface area (Å²) in [6, 6.07) is 14.3. The second kappa shape index (κ2) is 10.9. The van der Waals surface area contributed by atoms with Gasteiger partial charge in [-0.2, -0.15) is 0 Å². The van der Waals surface area contributed by atoms with Crippen LogP contribution in [-0.4, -0.2) is 38.7 Å². The van der Waals surface area contributed by atoms with Crippen LogP contribution in [0.5, 0.6) is 11.5 Å². The Bertz CT molecular complexity index is 742. The van der Waals surface area contributed by atoms with Gasteiger partial charge in [-0.15, -0.1) is 0 Å². The van der Waals surface area contributed by atoms with Gasteiger partial charge in [-0.25, -0.2) is 4.79 Å². The largest absolute Gasteiger partial charge is 0.496 e. The first-order chi connectivity index (χ1) is 13.1. The molecule has 27 heavy (non-hydrogen) atoms. The Morgan fingerprint density at radius 3 is 2.48 bits per heavy atom. The molecule has 0 spiro atoms. The Labute approximate surface area is 159 Å². The smallest absolute Gasteiger partial charge is 0.338 e. The highest BCUT2D eigenvalue weighted by molar-refractivity contribution is 5.91. The maximum Gasteiger partial charge on any atom is 0.338 e. The van der Waals surface area contributed by atoms with E-state index in [1.54, 1.807) is 31.4 Å². The molecule has 144 valence electrons. The number of carbonyl (C=O) groups excluding carboxylic acids is 2. The molecule has 2 aromatic rings. The molecule has 0 heterocycles. The van der Waals surface area contributed by atoms with E-state index in [0.717, 1.165) is 17.7 Å². The van der Waals surface area contributed by atoms with Crippen LogP contribution in [0.1, 0.15) is 29.3 Å². The van der Waals surface area contributed by atoms with Crippen molar-refractivity contribution in [3.63, 3.8) is 0 Å². The summed E-state index contributed by atoms with van der Waals surface area (Å²) in [5, 5.41) is 2.73. The molecule has 2 rings (SSSR count). The molecule has 0 saturated heterocycles. The zero-order valence-corrected chi connectivity index (χ0v) is 15.7. The van der Waals surface area contributed by atoms with Gasteiger partial charge in [0.25, 0.3) is 5.91 Å². The van der Waals surface area contributed by atoms with Crippen LogP contribution >= 0.6 is 0 Å². The fraction of sp³-hybridized carbons (Fsp3) is 0.333. The van der Waals surface area contributed by atoms with Crippen LogP contribution in [0.3, 0.4) is 0 Å². The summed E-state index contributed by atoms with van der Waals surface area (Å²) in [6.45, 7) is 2.75. The number of nitrogens with one attached hydrogen (secondary N) is 1. The van der Waals surface area contributed by atoms with E-state index in [0.29, 0.717) is 30.9 Å². The minimum Gasteiger partial charge on any atom is -0.496 e. The number of hydrogen-bond donors (Lipinski definition) is 1. The van der Waals surface area contributed by atoms with Crippen molar-refractivity contribution in [3.8, 4) is 11.5 Å². The van der Waals surface area contributed by atoms with E-state index >= 15 is 0 Å². The summed E-state index contributed by atoms with van der Waals surface area (Å²) in [5.41, 5.74) is 1.38. The first kappa shape index (κ1) is 20.3. The molecule has 0 saturated carbocycles. The van der Waals surface area contributed by atoms with Crippen LogP contribution in [0, 0.1) is 0 Å². The lowest BCUT2D eigenvalue weighted by molar-refractivity contribution is -0.124. The molecule has 1 N–H and O–H groups in total. The van der Waals surface area contributed by atoms with Gasteiger partial charge in [0.1, 0.15) is 11.5 Å². The van der Waals surface area contributed by atoms with Crippen molar-refractivity contribution in [1.29, 1.82) is 0 Å². The van der Waals surface area contributed by atoms with Gasteiger partial charge in [0.05, 0.1) is 19.3 Å². The minimum absolute atomic E-state index is 0.321. The number of ether oxygens (including phenoxy) is 3. The third-order valence-electron chi connectivity index (χ3n) is 3.81. The minimum atomic E-state index is -0.545. The fourth-order valence-electron chi connectivity index (χ4n) is 2.42. The number of methoxy groups -OCH3 is 1. The summed E-state index contributed by atoms with van der Waals surface area (Å²) < 4.78 is 15.8.